The molecule has 3 aromatic rings. The fourth-order valence-corrected chi connectivity index (χ4v) is 2.14. The lowest BCUT2D eigenvalue weighted by molar-refractivity contribution is -0.255. The van der Waals surface area contributed by atoms with Crippen molar-refractivity contribution in [1.29, 1.82) is 0 Å². The molecule has 0 amide bonds. The first-order valence-corrected chi connectivity index (χ1v) is 6.59. The van der Waals surface area contributed by atoms with Crippen LogP contribution in [0.5, 0.6) is 0 Å². The number of aryl methyl sites for hydroxylation is 2. The Kier molecular flexibility index (Phi) is 3.38. The summed E-state index contributed by atoms with van der Waals surface area (Å²) in [6.45, 7) is 3.62. The lowest BCUT2D eigenvalue weighted by Gasteiger charge is -2.07. The molecule has 0 saturated carbocycles. The van der Waals surface area contributed by atoms with E-state index in [2.05, 4.69) is 20.1 Å². The van der Waals surface area contributed by atoms with E-state index in [1.54, 1.807) is 30.6 Å². The molecule has 110 valence electrons. The van der Waals surface area contributed by atoms with Crippen molar-refractivity contribution >= 4 is 5.97 Å². The monoisotopic (exact) mass is 294 g/mol. The summed E-state index contributed by atoms with van der Waals surface area (Å²) in [5, 5.41) is 15.7. The van der Waals surface area contributed by atoms with E-state index in [9.17, 15) is 9.90 Å². The van der Waals surface area contributed by atoms with E-state index in [0.717, 1.165) is 17.0 Å². The van der Waals surface area contributed by atoms with Gasteiger partial charge in [0.05, 0.1) is 17.4 Å². The van der Waals surface area contributed by atoms with Gasteiger partial charge in [0.1, 0.15) is 0 Å². The fraction of sp³-hybridized carbons (Fsp3) is 0.133. The van der Waals surface area contributed by atoms with Gasteiger partial charge < -0.3 is 9.90 Å². The number of aromatic carboxylic acids is 1. The largest absolute Gasteiger partial charge is 0.543 e. The SMILES string of the molecule is Cc1cc(C)nc(-n2nc(-c3ccncc3)cc2C(=O)[O-])n1. The fourth-order valence-electron chi connectivity index (χ4n) is 2.14. The van der Waals surface area contributed by atoms with E-state index in [1.807, 2.05) is 13.8 Å². The van der Waals surface area contributed by atoms with Crippen molar-refractivity contribution in [2.75, 3.05) is 0 Å². The maximum atomic E-state index is 11.4. The van der Waals surface area contributed by atoms with Gasteiger partial charge in [-0.25, -0.2) is 9.97 Å². The molecule has 3 rings (SSSR count). The van der Waals surface area contributed by atoms with Crippen molar-refractivity contribution in [1.82, 2.24) is 24.7 Å². The van der Waals surface area contributed by atoms with Crippen LogP contribution in [-0.4, -0.2) is 30.7 Å². The van der Waals surface area contributed by atoms with Gasteiger partial charge in [-0.3, -0.25) is 4.98 Å². The molecule has 0 unspecified atom stereocenters. The van der Waals surface area contributed by atoms with Crippen LogP contribution in [0.25, 0.3) is 17.2 Å². The molecule has 0 aliphatic rings. The van der Waals surface area contributed by atoms with Crippen LogP contribution in [0.2, 0.25) is 0 Å². The van der Waals surface area contributed by atoms with E-state index in [0.29, 0.717) is 5.69 Å². The predicted octanol–water partition coefficient (Wildman–Crippen LogP) is 0.705. The van der Waals surface area contributed by atoms with E-state index in [4.69, 9.17) is 0 Å². The number of hydrogen-bond acceptors (Lipinski definition) is 6. The molecule has 0 N–H and O–H groups in total. The maximum absolute atomic E-state index is 11.4. The van der Waals surface area contributed by atoms with Crippen LogP contribution < -0.4 is 5.11 Å². The Morgan fingerprint density at radius 3 is 2.32 bits per heavy atom. The second-order valence-electron chi connectivity index (χ2n) is 4.80. The van der Waals surface area contributed by atoms with Gasteiger partial charge in [0.15, 0.2) is 0 Å². The Morgan fingerprint density at radius 1 is 1.09 bits per heavy atom. The molecule has 0 aliphatic heterocycles. The van der Waals surface area contributed by atoms with Crippen LogP contribution in [0, 0.1) is 13.8 Å². The third-order valence-corrected chi connectivity index (χ3v) is 3.05. The van der Waals surface area contributed by atoms with Crippen LogP contribution in [0.4, 0.5) is 0 Å². The third-order valence-electron chi connectivity index (χ3n) is 3.05. The van der Waals surface area contributed by atoms with Crippen LogP contribution in [-0.2, 0) is 0 Å². The van der Waals surface area contributed by atoms with E-state index in [-0.39, 0.29) is 11.6 Å². The van der Waals surface area contributed by atoms with Gasteiger partial charge in [-0.1, -0.05) is 0 Å². The normalized spacial score (nSPS) is 10.6. The van der Waals surface area contributed by atoms with Crippen LogP contribution in [0.1, 0.15) is 21.9 Å². The first-order chi connectivity index (χ1) is 10.5. The zero-order valence-corrected chi connectivity index (χ0v) is 12.0. The average Bonchev–Trinajstić information content (AvgIpc) is 2.92. The molecule has 0 atom stereocenters. The van der Waals surface area contributed by atoms with Crippen LogP contribution in [0.3, 0.4) is 0 Å². The molecule has 0 fully saturated rings. The van der Waals surface area contributed by atoms with Crippen molar-refractivity contribution < 1.29 is 9.90 Å². The molecular formula is C15H12N5O2-. The highest BCUT2D eigenvalue weighted by atomic mass is 16.4. The quantitative estimate of drug-likeness (QED) is 0.705. The van der Waals surface area contributed by atoms with Gasteiger partial charge in [-0.2, -0.15) is 9.78 Å². The Balaban J connectivity index is 2.18. The zero-order chi connectivity index (χ0) is 15.7. The smallest absolute Gasteiger partial charge is 0.251 e. The van der Waals surface area contributed by atoms with E-state index >= 15 is 0 Å². The minimum Gasteiger partial charge on any atom is -0.543 e. The highest BCUT2D eigenvalue weighted by Gasteiger charge is 2.14. The number of rotatable bonds is 3. The standard InChI is InChI=1S/C15H13N5O2/c1-9-7-10(2)18-15(17-9)20-13(14(21)22)8-12(19-20)11-3-5-16-6-4-11/h3-8H,1-2H3,(H,21,22)/p-1. The molecule has 0 spiro atoms. The summed E-state index contributed by atoms with van der Waals surface area (Å²) in [5.74, 6) is -1.13. The molecule has 0 aliphatic carbocycles. The zero-order valence-electron chi connectivity index (χ0n) is 12.0. The van der Waals surface area contributed by atoms with E-state index in [1.165, 1.54) is 10.7 Å². The molecule has 7 heteroatoms. The summed E-state index contributed by atoms with van der Waals surface area (Å²) in [6, 6.07) is 6.73. The van der Waals surface area contributed by atoms with Gasteiger partial charge in [-0.05, 0) is 38.1 Å². The maximum Gasteiger partial charge on any atom is 0.251 e. The molecule has 22 heavy (non-hydrogen) atoms. The average molecular weight is 294 g/mol. The summed E-state index contributed by atoms with van der Waals surface area (Å²) >= 11 is 0. The van der Waals surface area contributed by atoms with Crippen molar-refractivity contribution in [3.63, 3.8) is 0 Å². The number of pyridine rings is 1. The van der Waals surface area contributed by atoms with Crippen molar-refractivity contribution in [2.24, 2.45) is 0 Å². The molecular weight excluding hydrogens is 282 g/mol. The second kappa shape index (κ2) is 5.36. The summed E-state index contributed by atoms with van der Waals surface area (Å²) < 4.78 is 1.19. The topological polar surface area (TPSA) is 96.6 Å². The summed E-state index contributed by atoms with van der Waals surface area (Å²) in [7, 11) is 0. The third kappa shape index (κ3) is 2.56. The Labute approximate surface area is 126 Å². The lowest BCUT2D eigenvalue weighted by Crippen LogP contribution is -2.26. The Morgan fingerprint density at radius 2 is 1.73 bits per heavy atom. The number of carboxylic acid groups (broad SMARTS) is 1. The van der Waals surface area contributed by atoms with Crippen molar-refractivity contribution in [3.05, 3.63) is 53.7 Å². The van der Waals surface area contributed by atoms with Crippen LogP contribution >= 0.6 is 0 Å². The number of carbonyl (C=O) groups excluding carboxylic acids is 1. The molecule has 3 heterocycles. The summed E-state index contributed by atoms with van der Waals surface area (Å²) in [6.07, 6.45) is 3.22. The summed E-state index contributed by atoms with van der Waals surface area (Å²) in [4.78, 5) is 23.8. The van der Waals surface area contributed by atoms with Gasteiger partial charge in [-0.15, -0.1) is 0 Å². The number of carbonyl (C=O) groups is 1. The first kappa shape index (κ1) is 13.9. The van der Waals surface area contributed by atoms with Gasteiger partial charge in [0.25, 0.3) is 5.95 Å². The van der Waals surface area contributed by atoms with Crippen molar-refractivity contribution in [2.45, 2.75) is 13.8 Å². The number of hydrogen-bond donors (Lipinski definition) is 0. The van der Waals surface area contributed by atoms with Crippen molar-refractivity contribution in [3.8, 4) is 17.2 Å². The molecule has 0 radical (unpaired) electrons. The molecule has 7 nitrogen and oxygen atoms in total. The number of aromatic nitrogens is 5. The summed E-state index contributed by atoms with van der Waals surface area (Å²) in [5.41, 5.74) is 2.60. The Bertz CT molecular complexity index is 822. The minimum absolute atomic E-state index is 0.100. The highest BCUT2D eigenvalue weighted by molar-refractivity contribution is 5.86. The predicted molar refractivity (Wildman–Crippen MR) is 76.2 cm³/mol. The molecule has 3 aromatic heterocycles. The molecule has 0 bridgehead atoms. The first-order valence-electron chi connectivity index (χ1n) is 6.59. The highest BCUT2D eigenvalue weighted by Crippen LogP contribution is 2.20. The minimum atomic E-state index is -1.34. The van der Waals surface area contributed by atoms with Crippen LogP contribution in [0.15, 0.2) is 36.7 Å². The van der Waals surface area contributed by atoms with Gasteiger partial charge >= 0.3 is 0 Å². The lowest BCUT2D eigenvalue weighted by atomic mass is 10.2. The van der Waals surface area contributed by atoms with Gasteiger partial charge in [0, 0.05) is 29.3 Å². The molecule has 0 saturated heterocycles. The number of nitrogens with zero attached hydrogens (tertiary/aromatic N) is 5. The number of carboxylic acids is 1. The Hall–Kier alpha value is -3.09. The second-order valence-corrected chi connectivity index (χ2v) is 4.80. The van der Waals surface area contributed by atoms with Gasteiger partial charge in [0.2, 0.25) is 0 Å². The van der Waals surface area contributed by atoms with E-state index < -0.39 is 5.97 Å². The molecule has 0 aromatic carbocycles.